The second-order valence-corrected chi connectivity index (χ2v) is 6.01. The van der Waals surface area contributed by atoms with E-state index in [1.165, 1.54) is 12.1 Å². The van der Waals surface area contributed by atoms with E-state index in [1.807, 2.05) is 0 Å². The first-order valence-corrected chi connectivity index (χ1v) is 7.08. The summed E-state index contributed by atoms with van der Waals surface area (Å²) in [6, 6.07) is 3.74. The van der Waals surface area contributed by atoms with Gasteiger partial charge in [0.2, 0.25) is 0 Å². The molecule has 1 amide bonds. The van der Waals surface area contributed by atoms with Gasteiger partial charge >= 0.3 is 12.3 Å². The van der Waals surface area contributed by atoms with E-state index < -0.39 is 17.9 Å². The molecule has 22 heavy (non-hydrogen) atoms. The van der Waals surface area contributed by atoms with Gasteiger partial charge in [0.25, 0.3) is 5.60 Å². The standard InChI is InChI=1S/C14H8Cl2F3NO2/c15-8-1-2-11-9(6-8)13(14(17,18)19,22-12(21)20-11)4-3-7-5-10(7)16/h1-2,6-7,10H,5H2,(H,20,21)/t7-,10-,13+/m0/s1. The Balaban J connectivity index is 2.18. The molecule has 3 atom stereocenters. The van der Waals surface area contributed by atoms with Crippen LogP contribution in [0.4, 0.5) is 23.7 Å². The third-order valence-corrected chi connectivity index (χ3v) is 4.11. The lowest BCUT2D eigenvalue weighted by atomic mass is 9.90. The molecule has 0 spiro atoms. The highest BCUT2D eigenvalue weighted by Crippen LogP contribution is 2.48. The number of rotatable bonds is 0. The monoisotopic (exact) mass is 349 g/mol. The Morgan fingerprint density at radius 1 is 1.41 bits per heavy atom. The third-order valence-electron chi connectivity index (χ3n) is 3.39. The Hall–Kier alpha value is -1.58. The molecule has 1 aliphatic carbocycles. The van der Waals surface area contributed by atoms with E-state index >= 15 is 0 Å². The minimum absolute atomic E-state index is 0.0366. The van der Waals surface area contributed by atoms with Crippen LogP contribution in [0.3, 0.4) is 0 Å². The Morgan fingerprint density at radius 2 is 2.09 bits per heavy atom. The molecule has 0 saturated heterocycles. The number of halogens is 5. The highest BCUT2D eigenvalue weighted by molar-refractivity contribution is 6.30. The molecule has 1 heterocycles. The number of carbonyl (C=O) groups excluding carboxylic acids is 1. The fourth-order valence-electron chi connectivity index (χ4n) is 2.13. The van der Waals surface area contributed by atoms with Gasteiger partial charge in [0, 0.05) is 21.9 Å². The summed E-state index contributed by atoms with van der Waals surface area (Å²) in [5.41, 5.74) is -3.42. The van der Waals surface area contributed by atoms with Crippen LogP contribution in [0.25, 0.3) is 0 Å². The quantitative estimate of drug-likeness (QED) is 0.560. The molecule has 0 unspecified atom stereocenters. The zero-order valence-corrected chi connectivity index (χ0v) is 12.3. The van der Waals surface area contributed by atoms with Crippen molar-refractivity contribution in [2.45, 2.75) is 23.6 Å². The SMILES string of the molecule is O=C1Nc2ccc(Cl)cc2[C@](C#C[C@H]2C[C@@H]2Cl)(C(F)(F)F)O1. The average molecular weight is 350 g/mol. The van der Waals surface area contributed by atoms with Crippen LogP contribution >= 0.6 is 23.2 Å². The number of hydrogen-bond acceptors (Lipinski definition) is 2. The van der Waals surface area contributed by atoms with Crippen LogP contribution in [0.5, 0.6) is 0 Å². The van der Waals surface area contributed by atoms with Gasteiger partial charge in [-0.1, -0.05) is 17.5 Å². The van der Waals surface area contributed by atoms with Crippen molar-refractivity contribution in [2.75, 3.05) is 5.32 Å². The lowest BCUT2D eigenvalue weighted by Gasteiger charge is -2.35. The molecule has 1 fully saturated rings. The number of nitrogens with one attached hydrogen (secondary N) is 1. The third kappa shape index (κ3) is 2.49. The van der Waals surface area contributed by atoms with Gasteiger partial charge in [-0.3, -0.25) is 5.32 Å². The molecule has 0 aromatic heterocycles. The van der Waals surface area contributed by atoms with E-state index in [0.29, 0.717) is 6.42 Å². The number of fused-ring (bicyclic) bond motifs is 1. The maximum Gasteiger partial charge on any atom is 0.445 e. The van der Waals surface area contributed by atoms with E-state index in [1.54, 1.807) is 0 Å². The number of alkyl halides is 4. The molecule has 0 bridgehead atoms. The van der Waals surface area contributed by atoms with E-state index in [9.17, 15) is 18.0 Å². The van der Waals surface area contributed by atoms with Gasteiger partial charge in [0.15, 0.2) is 0 Å². The normalized spacial score (nSPS) is 29.6. The van der Waals surface area contributed by atoms with Crippen molar-refractivity contribution < 1.29 is 22.7 Å². The Kier molecular flexibility index (Phi) is 3.46. The molecular formula is C14H8Cl2F3NO2. The number of benzene rings is 1. The van der Waals surface area contributed by atoms with Crippen LogP contribution in [0.15, 0.2) is 18.2 Å². The number of carbonyl (C=O) groups is 1. The summed E-state index contributed by atoms with van der Waals surface area (Å²) >= 11 is 11.5. The van der Waals surface area contributed by atoms with Crippen LogP contribution in [0.2, 0.25) is 5.02 Å². The number of cyclic esters (lactones) is 1. The summed E-state index contributed by atoms with van der Waals surface area (Å²) in [4.78, 5) is 11.5. The van der Waals surface area contributed by atoms with E-state index in [0.717, 1.165) is 6.07 Å². The second kappa shape index (κ2) is 4.97. The zero-order chi connectivity index (χ0) is 16.1. The summed E-state index contributed by atoms with van der Waals surface area (Å²) in [6.07, 6.45) is -5.63. The summed E-state index contributed by atoms with van der Waals surface area (Å²) in [5, 5.41) is 2.02. The predicted octanol–water partition coefficient (Wildman–Crippen LogP) is 4.29. The minimum Gasteiger partial charge on any atom is -0.415 e. The first-order chi connectivity index (χ1) is 10.2. The molecule has 1 saturated carbocycles. The van der Waals surface area contributed by atoms with Gasteiger partial charge in [-0.15, -0.1) is 11.6 Å². The minimum atomic E-state index is -4.92. The van der Waals surface area contributed by atoms with Crippen molar-refractivity contribution in [3.8, 4) is 11.8 Å². The Labute approximate surface area is 133 Å². The number of amides is 1. The summed E-state index contributed by atoms with van der Waals surface area (Å²) in [6.45, 7) is 0. The lowest BCUT2D eigenvalue weighted by Crippen LogP contribution is -2.49. The van der Waals surface area contributed by atoms with Crippen LogP contribution in [0, 0.1) is 17.8 Å². The smallest absolute Gasteiger partial charge is 0.415 e. The van der Waals surface area contributed by atoms with Crippen LogP contribution < -0.4 is 5.32 Å². The maximum absolute atomic E-state index is 13.7. The fraction of sp³-hybridized carbons (Fsp3) is 0.357. The lowest BCUT2D eigenvalue weighted by molar-refractivity contribution is -0.239. The zero-order valence-electron chi connectivity index (χ0n) is 10.8. The van der Waals surface area contributed by atoms with Gasteiger partial charge in [-0.25, -0.2) is 4.79 Å². The number of ether oxygens (including phenoxy) is 1. The molecule has 1 N–H and O–H groups in total. The highest BCUT2D eigenvalue weighted by atomic mass is 35.5. The highest BCUT2D eigenvalue weighted by Gasteiger charge is 2.62. The van der Waals surface area contributed by atoms with E-state index in [4.69, 9.17) is 23.2 Å². The first-order valence-electron chi connectivity index (χ1n) is 6.26. The summed E-state index contributed by atoms with van der Waals surface area (Å²) in [7, 11) is 0. The topological polar surface area (TPSA) is 38.3 Å². The van der Waals surface area contributed by atoms with Crippen molar-refractivity contribution >= 4 is 35.0 Å². The largest absolute Gasteiger partial charge is 0.445 e. The molecule has 2 aliphatic rings. The average Bonchev–Trinajstić information content (AvgIpc) is 3.11. The van der Waals surface area contributed by atoms with Crippen molar-refractivity contribution in [2.24, 2.45) is 5.92 Å². The van der Waals surface area contributed by atoms with E-state index in [-0.39, 0.29) is 27.6 Å². The Bertz CT molecular complexity index is 710. The summed E-state index contributed by atoms with van der Waals surface area (Å²) in [5.74, 6) is 4.20. The van der Waals surface area contributed by atoms with Crippen LogP contribution in [0.1, 0.15) is 12.0 Å². The van der Waals surface area contributed by atoms with Gasteiger partial charge in [-0.05, 0) is 30.5 Å². The fourth-order valence-corrected chi connectivity index (χ4v) is 2.56. The molecule has 116 valence electrons. The number of anilines is 1. The van der Waals surface area contributed by atoms with Crippen molar-refractivity contribution in [1.29, 1.82) is 0 Å². The van der Waals surface area contributed by atoms with Crippen LogP contribution in [-0.2, 0) is 10.3 Å². The van der Waals surface area contributed by atoms with Gasteiger partial charge < -0.3 is 4.74 Å². The molecule has 3 nitrogen and oxygen atoms in total. The molecule has 1 aliphatic heterocycles. The molecule has 1 aromatic carbocycles. The van der Waals surface area contributed by atoms with Gasteiger partial charge in [0.05, 0.1) is 5.69 Å². The van der Waals surface area contributed by atoms with Crippen LogP contribution in [-0.4, -0.2) is 17.6 Å². The molecule has 8 heteroatoms. The maximum atomic E-state index is 13.7. The summed E-state index contributed by atoms with van der Waals surface area (Å²) < 4.78 is 45.6. The van der Waals surface area contributed by atoms with Gasteiger partial charge in [-0.2, -0.15) is 13.2 Å². The molecule has 3 rings (SSSR count). The molecular weight excluding hydrogens is 342 g/mol. The van der Waals surface area contributed by atoms with E-state index in [2.05, 4.69) is 21.9 Å². The number of hydrogen-bond donors (Lipinski definition) is 1. The van der Waals surface area contributed by atoms with Crippen molar-refractivity contribution in [3.05, 3.63) is 28.8 Å². The van der Waals surface area contributed by atoms with Gasteiger partial charge in [0.1, 0.15) is 0 Å². The first kappa shape index (κ1) is 15.3. The molecule has 1 aromatic rings. The van der Waals surface area contributed by atoms with Crippen molar-refractivity contribution in [3.63, 3.8) is 0 Å². The second-order valence-electron chi connectivity index (χ2n) is 5.01. The van der Waals surface area contributed by atoms with Crippen molar-refractivity contribution in [1.82, 2.24) is 0 Å². The predicted molar refractivity (Wildman–Crippen MR) is 74.8 cm³/mol. The molecule has 0 radical (unpaired) electrons. The Morgan fingerprint density at radius 3 is 2.68 bits per heavy atom.